The molecule has 1 N–H and O–H groups in total. The van der Waals surface area contributed by atoms with Crippen molar-refractivity contribution in [1.29, 1.82) is 0 Å². The summed E-state index contributed by atoms with van der Waals surface area (Å²) in [4.78, 5) is 12.8. The van der Waals surface area contributed by atoms with E-state index in [1.807, 2.05) is 73.7 Å². The zero-order valence-corrected chi connectivity index (χ0v) is 19.1. The maximum Gasteiger partial charge on any atom is 0.251 e. The van der Waals surface area contributed by atoms with E-state index in [4.69, 9.17) is 4.74 Å². The van der Waals surface area contributed by atoms with Gasteiger partial charge >= 0.3 is 0 Å². The van der Waals surface area contributed by atoms with Crippen LogP contribution in [0.2, 0.25) is 0 Å². The number of nitrogens with zero attached hydrogens (tertiary/aromatic N) is 2. The third kappa shape index (κ3) is 4.92. The van der Waals surface area contributed by atoms with E-state index in [-0.39, 0.29) is 17.8 Å². The van der Waals surface area contributed by atoms with Gasteiger partial charge in [0.25, 0.3) is 5.91 Å². The summed E-state index contributed by atoms with van der Waals surface area (Å²) < 4.78 is 21.5. The number of amides is 1. The summed E-state index contributed by atoms with van der Waals surface area (Å²) in [6.45, 7) is 1.93. The molecular formula is C29H24FN3O2. The number of ether oxygens (including phenoxy) is 1. The van der Waals surface area contributed by atoms with Crippen molar-refractivity contribution in [2.75, 3.05) is 0 Å². The van der Waals surface area contributed by atoms with Gasteiger partial charge < -0.3 is 10.1 Å². The fourth-order valence-electron chi connectivity index (χ4n) is 4.08. The van der Waals surface area contributed by atoms with E-state index in [0.717, 1.165) is 22.2 Å². The fourth-order valence-corrected chi connectivity index (χ4v) is 4.08. The van der Waals surface area contributed by atoms with Crippen LogP contribution in [0.4, 0.5) is 4.39 Å². The molecule has 2 atom stereocenters. The van der Waals surface area contributed by atoms with Crippen LogP contribution >= 0.6 is 0 Å². The number of carbonyl (C=O) groups is 1. The lowest BCUT2D eigenvalue weighted by molar-refractivity contribution is 0.0882. The molecule has 0 unspecified atom stereocenters. The molecule has 0 bridgehead atoms. The highest BCUT2D eigenvalue weighted by molar-refractivity contribution is 5.94. The smallest absolute Gasteiger partial charge is 0.251 e. The third-order valence-corrected chi connectivity index (χ3v) is 5.85. The topological polar surface area (TPSA) is 56.1 Å². The van der Waals surface area contributed by atoms with Gasteiger partial charge in [-0.3, -0.25) is 4.79 Å². The van der Waals surface area contributed by atoms with E-state index < -0.39 is 6.10 Å². The normalized spacial score (nSPS) is 12.7. The molecule has 0 aliphatic carbocycles. The Balaban J connectivity index is 1.41. The van der Waals surface area contributed by atoms with Gasteiger partial charge in [-0.05, 0) is 67.1 Å². The van der Waals surface area contributed by atoms with Crippen LogP contribution in [-0.4, -0.2) is 21.7 Å². The minimum atomic E-state index is -0.409. The first kappa shape index (κ1) is 22.3. The lowest BCUT2D eigenvalue weighted by Crippen LogP contribution is -2.39. The summed E-state index contributed by atoms with van der Waals surface area (Å²) in [5.74, 6) is 0.214. The highest BCUT2D eigenvalue weighted by Crippen LogP contribution is 2.29. The second-order valence-corrected chi connectivity index (χ2v) is 8.33. The molecule has 174 valence electrons. The summed E-state index contributed by atoms with van der Waals surface area (Å²) >= 11 is 0. The number of fused-ring (bicyclic) bond motifs is 1. The van der Waals surface area contributed by atoms with E-state index in [1.165, 1.54) is 12.1 Å². The first-order chi connectivity index (χ1) is 17.1. The Hall–Kier alpha value is -4.45. The Bertz CT molecular complexity index is 1430. The second kappa shape index (κ2) is 9.81. The number of nitrogens with one attached hydrogen (secondary N) is 1. The Morgan fingerprint density at radius 3 is 2.31 bits per heavy atom. The molecule has 1 aromatic heterocycles. The maximum absolute atomic E-state index is 13.3. The van der Waals surface area contributed by atoms with Crippen LogP contribution in [-0.2, 0) is 0 Å². The molecule has 1 amide bonds. The molecule has 4 aromatic carbocycles. The van der Waals surface area contributed by atoms with E-state index in [0.29, 0.717) is 11.3 Å². The third-order valence-electron chi connectivity index (χ3n) is 5.85. The first-order valence-electron chi connectivity index (χ1n) is 11.4. The number of hydrogen-bond donors (Lipinski definition) is 1. The van der Waals surface area contributed by atoms with Crippen molar-refractivity contribution in [3.8, 4) is 11.4 Å². The molecule has 5 rings (SSSR count). The van der Waals surface area contributed by atoms with Crippen molar-refractivity contribution < 1.29 is 13.9 Å². The van der Waals surface area contributed by atoms with Gasteiger partial charge in [0.2, 0.25) is 0 Å². The molecule has 1 heterocycles. The van der Waals surface area contributed by atoms with Crippen molar-refractivity contribution in [2.45, 2.75) is 19.1 Å². The van der Waals surface area contributed by atoms with Gasteiger partial charge in [-0.25, -0.2) is 9.07 Å². The lowest BCUT2D eigenvalue weighted by Gasteiger charge is -2.26. The standard InChI is InChI=1S/C29H24FN3O2/c1-20(32-29(34)22-10-6-3-7-11-22)28(21-8-4-2-5-9-21)35-26-16-17-27-23(18-26)19-31-33(27)25-14-12-24(30)13-15-25/h2-20,28H,1H3,(H,32,34)/t20-,28+/m0/s1. The molecule has 0 saturated carbocycles. The zero-order valence-electron chi connectivity index (χ0n) is 19.1. The molecule has 35 heavy (non-hydrogen) atoms. The summed E-state index contributed by atoms with van der Waals surface area (Å²) in [6, 6.07) is 30.6. The van der Waals surface area contributed by atoms with Gasteiger partial charge in [0.05, 0.1) is 23.4 Å². The highest BCUT2D eigenvalue weighted by Gasteiger charge is 2.24. The van der Waals surface area contributed by atoms with Crippen molar-refractivity contribution in [2.24, 2.45) is 0 Å². The van der Waals surface area contributed by atoms with E-state index in [1.54, 1.807) is 35.1 Å². The van der Waals surface area contributed by atoms with Crippen LogP contribution in [0.5, 0.6) is 5.75 Å². The van der Waals surface area contributed by atoms with Crippen molar-refractivity contribution in [3.63, 3.8) is 0 Å². The van der Waals surface area contributed by atoms with Crippen LogP contribution < -0.4 is 10.1 Å². The molecule has 0 aliphatic rings. The van der Waals surface area contributed by atoms with Crippen LogP contribution in [0.15, 0.2) is 109 Å². The Morgan fingerprint density at radius 2 is 1.60 bits per heavy atom. The van der Waals surface area contributed by atoms with Gasteiger partial charge in [-0.15, -0.1) is 0 Å². The summed E-state index contributed by atoms with van der Waals surface area (Å²) in [7, 11) is 0. The minimum Gasteiger partial charge on any atom is -0.484 e. The molecule has 0 fully saturated rings. The van der Waals surface area contributed by atoms with Gasteiger partial charge in [-0.2, -0.15) is 5.10 Å². The van der Waals surface area contributed by atoms with E-state index >= 15 is 0 Å². The number of carbonyl (C=O) groups excluding carboxylic acids is 1. The summed E-state index contributed by atoms with van der Waals surface area (Å²) in [5.41, 5.74) is 3.20. The molecule has 0 aliphatic heterocycles. The van der Waals surface area contributed by atoms with Crippen molar-refractivity contribution >= 4 is 16.8 Å². The molecule has 0 radical (unpaired) electrons. The van der Waals surface area contributed by atoms with Crippen molar-refractivity contribution in [3.05, 3.63) is 126 Å². The molecule has 0 spiro atoms. The average molecular weight is 466 g/mol. The molecule has 6 heteroatoms. The number of aromatic nitrogens is 2. The summed E-state index contributed by atoms with van der Waals surface area (Å²) in [6.07, 6.45) is 1.34. The summed E-state index contributed by atoms with van der Waals surface area (Å²) in [5, 5.41) is 8.42. The van der Waals surface area contributed by atoms with Gasteiger partial charge in [0.15, 0.2) is 0 Å². The van der Waals surface area contributed by atoms with E-state index in [9.17, 15) is 9.18 Å². The quantitative estimate of drug-likeness (QED) is 0.316. The molecule has 0 saturated heterocycles. The van der Waals surface area contributed by atoms with Gasteiger partial charge in [-0.1, -0.05) is 48.5 Å². The molecular weight excluding hydrogens is 441 g/mol. The van der Waals surface area contributed by atoms with Crippen LogP contribution in [0.1, 0.15) is 28.9 Å². The first-order valence-corrected chi connectivity index (χ1v) is 11.4. The lowest BCUT2D eigenvalue weighted by atomic mass is 10.0. The van der Waals surface area contributed by atoms with Crippen LogP contribution in [0.3, 0.4) is 0 Å². The van der Waals surface area contributed by atoms with Crippen LogP contribution in [0.25, 0.3) is 16.6 Å². The van der Waals surface area contributed by atoms with Gasteiger partial charge in [0.1, 0.15) is 17.7 Å². The SMILES string of the molecule is C[C@H](NC(=O)c1ccccc1)[C@@H](Oc1ccc2c(cnn2-c2ccc(F)cc2)c1)c1ccccc1. The minimum absolute atomic E-state index is 0.154. The number of benzene rings is 4. The Morgan fingerprint density at radius 1 is 0.914 bits per heavy atom. The number of hydrogen-bond acceptors (Lipinski definition) is 3. The van der Waals surface area contributed by atoms with Crippen LogP contribution in [0, 0.1) is 5.82 Å². The number of halogens is 1. The average Bonchev–Trinajstić information content (AvgIpc) is 3.32. The predicted octanol–water partition coefficient (Wildman–Crippen LogP) is 6.10. The zero-order chi connectivity index (χ0) is 24.2. The Labute approximate surface area is 202 Å². The van der Waals surface area contributed by atoms with E-state index in [2.05, 4.69) is 10.4 Å². The Kier molecular flexibility index (Phi) is 6.26. The monoisotopic (exact) mass is 465 g/mol. The highest BCUT2D eigenvalue weighted by atomic mass is 19.1. The fraction of sp³-hybridized carbons (Fsp3) is 0.103. The molecule has 5 nitrogen and oxygen atoms in total. The number of rotatable bonds is 7. The van der Waals surface area contributed by atoms with Gasteiger partial charge in [0, 0.05) is 10.9 Å². The predicted molar refractivity (Wildman–Crippen MR) is 134 cm³/mol. The molecule has 5 aromatic rings. The largest absolute Gasteiger partial charge is 0.484 e. The van der Waals surface area contributed by atoms with Crippen molar-refractivity contribution in [1.82, 2.24) is 15.1 Å². The second-order valence-electron chi connectivity index (χ2n) is 8.33. The maximum atomic E-state index is 13.3.